The summed E-state index contributed by atoms with van der Waals surface area (Å²) in [6.45, 7) is 3.57. The van der Waals surface area contributed by atoms with E-state index in [0.29, 0.717) is 18.0 Å². The molecule has 1 aliphatic heterocycles. The highest BCUT2D eigenvalue weighted by atomic mass is 16.5. The standard InChI is InChI=1S/C15H24N4O2/c20-15-14(18-9-10-19(15)12-2-3-12)17-6-1-11-21-13-4-7-16-8-5-13/h9-10,12-13,16H,1-8,11H2,(H,17,18). The molecule has 2 heterocycles. The summed E-state index contributed by atoms with van der Waals surface area (Å²) in [4.78, 5) is 16.3. The third kappa shape index (κ3) is 4.04. The molecule has 0 atom stereocenters. The van der Waals surface area contributed by atoms with E-state index in [0.717, 1.165) is 58.3 Å². The molecule has 1 saturated carbocycles. The van der Waals surface area contributed by atoms with Gasteiger partial charge in [-0.05, 0) is 45.2 Å². The first kappa shape index (κ1) is 14.5. The van der Waals surface area contributed by atoms with Crippen LogP contribution in [0.5, 0.6) is 0 Å². The van der Waals surface area contributed by atoms with Gasteiger partial charge in [0.05, 0.1) is 6.10 Å². The molecule has 2 aliphatic rings. The van der Waals surface area contributed by atoms with Gasteiger partial charge in [0.15, 0.2) is 5.82 Å². The van der Waals surface area contributed by atoms with Crippen molar-refractivity contribution in [3.05, 3.63) is 22.7 Å². The Balaban J connectivity index is 1.39. The van der Waals surface area contributed by atoms with Crippen LogP contribution in [0.4, 0.5) is 5.82 Å². The lowest BCUT2D eigenvalue weighted by molar-refractivity contribution is 0.0329. The lowest BCUT2D eigenvalue weighted by atomic mass is 10.1. The van der Waals surface area contributed by atoms with Gasteiger partial charge in [-0.25, -0.2) is 4.98 Å². The van der Waals surface area contributed by atoms with Crippen LogP contribution in [0.15, 0.2) is 17.2 Å². The summed E-state index contributed by atoms with van der Waals surface area (Å²) in [5.41, 5.74) is -0.000673. The number of rotatable bonds is 7. The Kier molecular flexibility index (Phi) is 4.87. The Bertz CT molecular complexity index is 507. The number of nitrogens with one attached hydrogen (secondary N) is 2. The van der Waals surface area contributed by atoms with Crippen LogP contribution in [0, 0.1) is 0 Å². The highest BCUT2D eigenvalue weighted by Crippen LogP contribution is 2.33. The van der Waals surface area contributed by atoms with Gasteiger partial charge in [-0.1, -0.05) is 0 Å². The summed E-state index contributed by atoms with van der Waals surface area (Å²) in [7, 11) is 0. The number of hydrogen-bond acceptors (Lipinski definition) is 5. The van der Waals surface area contributed by atoms with Gasteiger partial charge in [0.2, 0.25) is 0 Å². The summed E-state index contributed by atoms with van der Waals surface area (Å²) in [6, 6.07) is 0.393. The molecular formula is C15H24N4O2. The minimum absolute atomic E-state index is 0.000673. The summed E-state index contributed by atoms with van der Waals surface area (Å²) in [5, 5.41) is 6.46. The average Bonchev–Trinajstić information content (AvgIpc) is 3.34. The molecule has 6 heteroatoms. The Morgan fingerprint density at radius 1 is 1.33 bits per heavy atom. The fraction of sp³-hybridized carbons (Fsp3) is 0.733. The molecule has 0 spiro atoms. The zero-order valence-corrected chi connectivity index (χ0v) is 12.4. The van der Waals surface area contributed by atoms with E-state index < -0.39 is 0 Å². The maximum Gasteiger partial charge on any atom is 0.293 e. The molecule has 116 valence electrons. The molecule has 2 N–H and O–H groups in total. The van der Waals surface area contributed by atoms with Crippen molar-refractivity contribution in [2.75, 3.05) is 31.6 Å². The highest BCUT2D eigenvalue weighted by Gasteiger charge is 2.25. The first-order valence-corrected chi connectivity index (χ1v) is 7.98. The van der Waals surface area contributed by atoms with Crippen molar-refractivity contribution in [1.29, 1.82) is 0 Å². The number of anilines is 1. The topological polar surface area (TPSA) is 68.2 Å². The summed E-state index contributed by atoms with van der Waals surface area (Å²) in [5.74, 6) is 0.464. The number of nitrogens with zero attached hydrogens (tertiary/aromatic N) is 2. The second-order valence-corrected chi connectivity index (χ2v) is 5.82. The fourth-order valence-corrected chi connectivity index (χ4v) is 2.68. The maximum atomic E-state index is 12.2. The predicted molar refractivity (Wildman–Crippen MR) is 81.7 cm³/mol. The molecule has 2 fully saturated rings. The molecule has 0 unspecified atom stereocenters. The molecule has 21 heavy (non-hydrogen) atoms. The van der Waals surface area contributed by atoms with E-state index in [1.165, 1.54) is 0 Å². The normalized spacial score (nSPS) is 19.6. The van der Waals surface area contributed by atoms with E-state index in [1.807, 2.05) is 0 Å². The first-order chi connectivity index (χ1) is 10.3. The largest absolute Gasteiger partial charge is 0.378 e. The van der Waals surface area contributed by atoms with Gasteiger partial charge in [-0.15, -0.1) is 0 Å². The number of piperidine rings is 1. The lowest BCUT2D eigenvalue weighted by Crippen LogP contribution is -2.32. The van der Waals surface area contributed by atoms with Gasteiger partial charge < -0.3 is 19.9 Å². The number of ether oxygens (including phenoxy) is 1. The SMILES string of the molecule is O=c1c(NCCCOC2CCNCC2)nccn1C1CC1. The van der Waals surface area contributed by atoms with Crippen LogP contribution < -0.4 is 16.2 Å². The van der Waals surface area contributed by atoms with Crippen molar-refractivity contribution in [3.8, 4) is 0 Å². The Morgan fingerprint density at radius 3 is 2.90 bits per heavy atom. The van der Waals surface area contributed by atoms with Gasteiger partial charge in [0.1, 0.15) is 0 Å². The molecule has 6 nitrogen and oxygen atoms in total. The van der Waals surface area contributed by atoms with Gasteiger partial charge in [0, 0.05) is 31.6 Å². The van der Waals surface area contributed by atoms with Gasteiger partial charge in [0.25, 0.3) is 5.56 Å². The van der Waals surface area contributed by atoms with Crippen molar-refractivity contribution < 1.29 is 4.74 Å². The average molecular weight is 292 g/mol. The third-order valence-electron chi connectivity index (χ3n) is 4.06. The van der Waals surface area contributed by atoms with Crippen molar-refractivity contribution in [2.24, 2.45) is 0 Å². The molecule has 0 amide bonds. The quantitative estimate of drug-likeness (QED) is 0.738. The zero-order chi connectivity index (χ0) is 14.5. The maximum absolute atomic E-state index is 12.2. The monoisotopic (exact) mass is 292 g/mol. The molecule has 0 aromatic carbocycles. The van der Waals surface area contributed by atoms with Gasteiger partial charge in [-0.2, -0.15) is 0 Å². The summed E-state index contributed by atoms with van der Waals surface area (Å²) in [6.07, 6.45) is 9.18. The van der Waals surface area contributed by atoms with E-state index >= 15 is 0 Å². The zero-order valence-electron chi connectivity index (χ0n) is 12.4. The minimum atomic E-state index is -0.000673. The van der Waals surface area contributed by atoms with E-state index in [9.17, 15) is 4.79 Å². The van der Waals surface area contributed by atoms with Crippen molar-refractivity contribution >= 4 is 5.82 Å². The highest BCUT2D eigenvalue weighted by molar-refractivity contribution is 5.30. The van der Waals surface area contributed by atoms with Crippen LogP contribution in [-0.4, -0.2) is 41.9 Å². The second-order valence-electron chi connectivity index (χ2n) is 5.82. The molecule has 1 aromatic heterocycles. The van der Waals surface area contributed by atoms with Gasteiger partial charge in [-0.3, -0.25) is 4.79 Å². The van der Waals surface area contributed by atoms with Crippen LogP contribution in [0.2, 0.25) is 0 Å². The molecule has 1 saturated heterocycles. The van der Waals surface area contributed by atoms with E-state index in [1.54, 1.807) is 17.0 Å². The first-order valence-electron chi connectivity index (χ1n) is 7.98. The second kappa shape index (κ2) is 7.04. The summed E-state index contributed by atoms with van der Waals surface area (Å²) >= 11 is 0. The van der Waals surface area contributed by atoms with Crippen molar-refractivity contribution in [3.63, 3.8) is 0 Å². The minimum Gasteiger partial charge on any atom is -0.378 e. The smallest absolute Gasteiger partial charge is 0.293 e. The van der Waals surface area contributed by atoms with Crippen LogP contribution in [0.3, 0.4) is 0 Å². The van der Waals surface area contributed by atoms with Crippen LogP contribution in [0.25, 0.3) is 0 Å². The van der Waals surface area contributed by atoms with Gasteiger partial charge >= 0.3 is 0 Å². The molecule has 1 aromatic rings. The van der Waals surface area contributed by atoms with E-state index in [-0.39, 0.29) is 5.56 Å². The van der Waals surface area contributed by atoms with E-state index in [2.05, 4.69) is 15.6 Å². The number of aromatic nitrogens is 2. The predicted octanol–water partition coefficient (Wildman–Crippen LogP) is 1.15. The fourth-order valence-electron chi connectivity index (χ4n) is 2.68. The van der Waals surface area contributed by atoms with E-state index in [4.69, 9.17) is 4.74 Å². The van der Waals surface area contributed by atoms with Crippen LogP contribution in [0.1, 0.15) is 38.1 Å². The lowest BCUT2D eigenvalue weighted by Gasteiger charge is -2.22. The van der Waals surface area contributed by atoms with Crippen LogP contribution >= 0.6 is 0 Å². The molecule has 3 rings (SSSR count). The number of hydrogen-bond donors (Lipinski definition) is 2. The van der Waals surface area contributed by atoms with Crippen molar-refractivity contribution in [2.45, 2.75) is 44.2 Å². The summed E-state index contributed by atoms with van der Waals surface area (Å²) < 4.78 is 7.63. The molecule has 1 aliphatic carbocycles. The Hall–Kier alpha value is -1.40. The van der Waals surface area contributed by atoms with Crippen LogP contribution in [-0.2, 0) is 4.74 Å². The third-order valence-corrected chi connectivity index (χ3v) is 4.06. The molecule has 0 bridgehead atoms. The Morgan fingerprint density at radius 2 is 2.14 bits per heavy atom. The molecular weight excluding hydrogens is 268 g/mol. The molecule has 0 radical (unpaired) electrons. The van der Waals surface area contributed by atoms with Crippen molar-refractivity contribution in [1.82, 2.24) is 14.9 Å². The Labute approximate surface area is 124 Å².